The Kier molecular flexibility index (Phi) is 2.46. The maximum absolute atomic E-state index is 5.98. The van der Waals surface area contributed by atoms with E-state index >= 15 is 0 Å². The molecule has 2 aliphatic rings. The number of hydrogen-bond acceptors (Lipinski definition) is 1. The highest BCUT2D eigenvalue weighted by atomic mass is 16.5. The lowest BCUT2D eigenvalue weighted by Crippen LogP contribution is -2.27. The van der Waals surface area contributed by atoms with Crippen molar-refractivity contribution in [2.24, 2.45) is 5.92 Å². The van der Waals surface area contributed by atoms with Gasteiger partial charge in [-0.2, -0.15) is 0 Å². The van der Waals surface area contributed by atoms with Crippen LogP contribution in [0.2, 0.25) is 0 Å². The Balaban J connectivity index is 1.92. The van der Waals surface area contributed by atoms with Crippen molar-refractivity contribution in [1.82, 2.24) is 0 Å². The lowest BCUT2D eigenvalue weighted by atomic mass is 9.85. The van der Waals surface area contributed by atoms with Gasteiger partial charge in [-0.3, -0.25) is 0 Å². The second-order valence-electron chi connectivity index (χ2n) is 4.94. The van der Waals surface area contributed by atoms with E-state index in [1.165, 1.54) is 32.1 Å². The Labute approximate surface area is 81.2 Å². The van der Waals surface area contributed by atoms with E-state index in [0.717, 1.165) is 5.92 Å². The van der Waals surface area contributed by atoms with E-state index in [1.54, 1.807) is 0 Å². The van der Waals surface area contributed by atoms with Crippen molar-refractivity contribution in [3.8, 4) is 0 Å². The molecule has 1 saturated carbocycles. The first-order valence-electron chi connectivity index (χ1n) is 5.54. The van der Waals surface area contributed by atoms with Crippen LogP contribution in [0.25, 0.3) is 0 Å². The molecule has 1 nitrogen and oxygen atoms in total. The van der Waals surface area contributed by atoms with Crippen molar-refractivity contribution >= 4 is 0 Å². The summed E-state index contributed by atoms with van der Waals surface area (Å²) in [7, 11) is 0. The van der Waals surface area contributed by atoms with Gasteiger partial charge in [0.2, 0.25) is 0 Å². The fourth-order valence-corrected chi connectivity index (χ4v) is 2.47. The van der Waals surface area contributed by atoms with Crippen LogP contribution >= 0.6 is 0 Å². The molecular weight excluding hydrogens is 160 g/mol. The van der Waals surface area contributed by atoms with Gasteiger partial charge in [0.1, 0.15) is 0 Å². The molecule has 0 spiro atoms. The summed E-state index contributed by atoms with van der Waals surface area (Å²) in [6.45, 7) is 4.29. The van der Waals surface area contributed by atoms with Crippen molar-refractivity contribution in [3.63, 3.8) is 0 Å². The summed E-state index contributed by atoms with van der Waals surface area (Å²) < 4.78 is 5.98. The van der Waals surface area contributed by atoms with Crippen LogP contribution in [0.4, 0.5) is 0 Å². The molecule has 0 aromatic carbocycles. The van der Waals surface area contributed by atoms with Gasteiger partial charge in [-0.15, -0.1) is 0 Å². The van der Waals surface area contributed by atoms with Gasteiger partial charge in [-0.05, 0) is 32.6 Å². The Morgan fingerprint density at radius 1 is 1.15 bits per heavy atom. The topological polar surface area (TPSA) is 9.23 Å². The predicted octanol–water partition coefficient (Wildman–Crippen LogP) is 3.30. The van der Waals surface area contributed by atoms with Crippen LogP contribution in [-0.4, -0.2) is 11.7 Å². The van der Waals surface area contributed by atoms with Crippen molar-refractivity contribution in [3.05, 3.63) is 12.2 Å². The van der Waals surface area contributed by atoms with Crippen LogP contribution in [0.1, 0.15) is 46.0 Å². The minimum absolute atomic E-state index is 0.0118. The fourth-order valence-electron chi connectivity index (χ4n) is 2.47. The second kappa shape index (κ2) is 3.45. The third kappa shape index (κ3) is 2.14. The van der Waals surface area contributed by atoms with Crippen LogP contribution in [0.5, 0.6) is 0 Å². The van der Waals surface area contributed by atoms with Crippen molar-refractivity contribution in [2.75, 3.05) is 0 Å². The third-order valence-electron chi connectivity index (χ3n) is 3.24. The summed E-state index contributed by atoms with van der Waals surface area (Å²) in [5.41, 5.74) is -0.0118. The van der Waals surface area contributed by atoms with E-state index in [0.29, 0.717) is 6.10 Å². The van der Waals surface area contributed by atoms with E-state index in [2.05, 4.69) is 26.0 Å². The molecule has 1 fully saturated rings. The summed E-state index contributed by atoms with van der Waals surface area (Å²) >= 11 is 0. The molecule has 74 valence electrons. The molecule has 0 saturated heterocycles. The van der Waals surface area contributed by atoms with Crippen molar-refractivity contribution < 1.29 is 4.74 Å². The lowest BCUT2D eigenvalue weighted by Gasteiger charge is -2.29. The molecule has 1 heteroatoms. The lowest BCUT2D eigenvalue weighted by molar-refractivity contribution is -0.0322. The molecule has 0 N–H and O–H groups in total. The first kappa shape index (κ1) is 9.26. The summed E-state index contributed by atoms with van der Waals surface area (Å²) in [5, 5.41) is 0. The molecule has 1 atom stereocenters. The normalized spacial score (nSPS) is 33.8. The quantitative estimate of drug-likeness (QED) is 0.563. The van der Waals surface area contributed by atoms with E-state index in [9.17, 15) is 0 Å². The van der Waals surface area contributed by atoms with Gasteiger partial charge >= 0.3 is 0 Å². The highest BCUT2D eigenvalue weighted by molar-refractivity contribution is 5.09. The first-order chi connectivity index (χ1) is 6.17. The molecule has 0 aromatic rings. The molecule has 13 heavy (non-hydrogen) atoms. The smallest absolute Gasteiger partial charge is 0.0815 e. The molecule has 1 aliphatic carbocycles. The largest absolute Gasteiger partial charge is 0.364 e. The maximum atomic E-state index is 5.98. The maximum Gasteiger partial charge on any atom is 0.0815 e. The molecule has 1 heterocycles. The van der Waals surface area contributed by atoms with E-state index in [-0.39, 0.29) is 5.60 Å². The van der Waals surface area contributed by atoms with Gasteiger partial charge in [-0.1, -0.05) is 31.4 Å². The van der Waals surface area contributed by atoms with Gasteiger partial charge in [0.15, 0.2) is 0 Å². The van der Waals surface area contributed by atoms with Crippen LogP contribution < -0.4 is 0 Å². The van der Waals surface area contributed by atoms with Gasteiger partial charge in [-0.25, -0.2) is 0 Å². The number of rotatable bonds is 1. The minimum Gasteiger partial charge on any atom is -0.364 e. The van der Waals surface area contributed by atoms with Crippen LogP contribution in [-0.2, 0) is 4.74 Å². The molecule has 2 rings (SSSR count). The summed E-state index contributed by atoms with van der Waals surface area (Å²) in [4.78, 5) is 0. The van der Waals surface area contributed by atoms with Crippen LogP contribution in [0.3, 0.4) is 0 Å². The van der Waals surface area contributed by atoms with Crippen molar-refractivity contribution in [1.29, 1.82) is 0 Å². The zero-order valence-electron chi connectivity index (χ0n) is 8.75. The molecular formula is C12H20O. The average Bonchev–Trinajstić information content (AvgIpc) is 2.48. The molecule has 0 radical (unpaired) electrons. The SMILES string of the molecule is CC1(C)C=CC(C2CCCCC2)O1. The zero-order valence-corrected chi connectivity index (χ0v) is 8.75. The molecule has 0 aromatic heterocycles. The fraction of sp³-hybridized carbons (Fsp3) is 0.833. The first-order valence-corrected chi connectivity index (χ1v) is 5.54. The van der Waals surface area contributed by atoms with Crippen LogP contribution in [0.15, 0.2) is 12.2 Å². The summed E-state index contributed by atoms with van der Waals surface area (Å²) in [6, 6.07) is 0. The highest BCUT2D eigenvalue weighted by Gasteiger charge is 2.31. The Hall–Kier alpha value is -0.300. The van der Waals surface area contributed by atoms with Gasteiger partial charge in [0, 0.05) is 0 Å². The average molecular weight is 180 g/mol. The van der Waals surface area contributed by atoms with Gasteiger partial charge < -0.3 is 4.74 Å². The van der Waals surface area contributed by atoms with Crippen molar-refractivity contribution in [2.45, 2.75) is 57.7 Å². The van der Waals surface area contributed by atoms with Gasteiger partial charge in [0.25, 0.3) is 0 Å². The Morgan fingerprint density at radius 3 is 2.38 bits per heavy atom. The van der Waals surface area contributed by atoms with Gasteiger partial charge in [0.05, 0.1) is 11.7 Å². The van der Waals surface area contributed by atoms with E-state index in [1.807, 2.05) is 0 Å². The zero-order chi connectivity index (χ0) is 9.31. The standard InChI is InChI=1S/C12H20O/c1-12(2)9-8-11(13-12)10-6-4-3-5-7-10/h8-11H,3-7H2,1-2H3. The third-order valence-corrected chi connectivity index (χ3v) is 3.24. The number of ether oxygens (including phenoxy) is 1. The van der Waals surface area contributed by atoms with Crippen LogP contribution in [0, 0.1) is 5.92 Å². The monoisotopic (exact) mass is 180 g/mol. The molecule has 1 aliphatic heterocycles. The second-order valence-corrected chi connectivity index (χ2v) is 4.94. The summed E-state index contributed by atoms with van der Waals surface area (Å²) in [5.74, 6) is 0.798. The Bertz CT molecular complexity index is 199. The van der Waals surface area contributed by atoms with E-state index in [4.69, 9.17) is 4.74 Å². The molecule has 1 unspecified atom stereocenters. The minimum atomic E-state index is -0.0118. The molecule has 0 bridgehead atoms. The summed E-state index contributed by atoms with van der Waals surface area (Å²) in [6.07, 6.45) is 11.9. The number of hydrogen-bond donors (Lipinski definition) is 0. The van der Waals surface area contributed by atoms with E-state index < -0.39 is 0 Å². The Morgan fingerprint density at radius 2 is 1.85 bits per heavy atom. The predicted molar refractivity (Wildman–Crippen MR) is 54.7 cm³/mol. The molecule has 0 amide bonds. The highest BCUT2D eigenvalue weighted by Crippen LogP contribution is 2.34.